The molecule has 0 aliphatic heterocycles. The lowest BCUT2D eigenvalue weighted by molar-refractivity contribution is -0.143. The molecule has 0 aromatic heterocycles. The van der Waals surface area contributed by atoms with Crippen LogP contribution < -0.4 is 10.6 Å². The summed E-state index contributed by atoms with van der Waals surface area (Å²) in [7, 11) is 0. The van der Waals surface area contributed by atoms with Crippen molar-refractivity contribution in [1.29, 1.82) is 0 Å². The molecule has 0 aliphatic rings. The molecule has 204 valence electrons. The van der Waals surface area contributed by atoms with Gasteiger partial charge in [-0.1, -0.05) is 65.2 Å². The number of amides is 3. The summed E-state index contributed by atoms with van der Waals surface area (Å²) in [5, 5.41) is 5.85. The second kappa shape index (κ2) is 14.9. The first-order chi connectivity index (χ1) is 16.9. The predicted molar refractivity (Wildman–Crippen MR) is 146 cm³/mol. The Bertz CT molecular complexity index is 863. The summed E-state index contributed by atoms with van der Waals surface area (Å²) in [6.45, 7) is 18.4. The van der Waals surface area contributed by atoms with Crippen LogP contribution in [0, 0.1) is 19.8 Å². The van der Waals surface area contributed by atoms with Crippen molar-refractivity contribution >= 4 is 17.9 Å². The van der Waals surface area contributed by atoms with Crippen LogP contribution in [-0.2, 0) is 14.3 Å². The lowest BCUT2D eigenvalue weighted by Crippen LogP contribution is -2.55. The Labute approximate surface area is 218 Å². The van der Waals surface area contributed by atoms with Crippen molar-refractivity contribution in [2.75, 3.05) is 13.1 Å². The van der Waals surface area contributed by atoms with Crippen LogP contribution in [0.25, 0.3) is 0 Å². The minimum Gasteiger partial charge on any atom is -0.444 e. The Balaban J connectivity index is 3.50. The zero-order chi connectivity index (χ0) is 27.5. The van der Waals surface area contributed by atoms with Crippen LogP contribution in [0.15, 0.2) is 18.2 Å². The Morgan fingerprint density at radius 3 is 2.17 bits per heavy atom. The van der Waals surface area contributed by atoms with Gasteiger partial charge in [0.15, 0.2) is 0 Å². The monoisotopic (exact) mass is 503 g/mol. The van der Waals surface area contributed by atoms with Gasteiger partial charge >= 0.3 is 6.09 Å². The zero-order valence-corrected chi connectivity index (χ0v) is 24.0. The summed E-state index contributed by atoms with van der Waals surface area (Å²) >= 11 is 0. The first kappa shape index (κ1) is 31.5. The van der Waals surface area contributed by atoms with E-state index in [9.17, 15) is 14.4 Å². The zero-order valence-electron chi connectivity index (χ0n) is 24.0. The standard InChI is InChI=1S/C29H49N3O4/c1-10-13-17-30-26(33)25(23-16-15-21(5)22(6)19-23)32(18-14-11-2)27(34)24(20(4)12-3)31-28(35)36-29(7,8)9/h15-16,19-20,24-25H,10-14,17-18H2,1-9H3,(H,30,33)(H,31,35). The van der Waals surface area contributed by atoms with Crippen LogP contribution in [0.1, 0.15) is 103 Å². The smallest absolute Gasteiger partial charge is 0.408 e. The molecule has 2 N–H and O–H groups in total. The van der Waals surface area contributed by atoms with Gasteiger partial charge in [0.25, 0.3) is 0 Å². The molecule has 3 unspecified atom stereocenters. The maximum absolute atomic E-state index is 14.1. The summed E-state index contributed by atoms with van der Waals surface area (Å²) in [5.74, 6) is -0.605. The number of hydrogen-bond acceptors (Lipinski definition) is 4. The highest BCUT2D eigenvalue weighted by molar-refractivity contribution is 5.92. The van der Waals surface area contributed by atoms with E-state index in [4.69, 9.17) is 4.74 Å². The van der Waals surface area contributed by atoms with Crippen LogP contribution in [0.5, 0.6) is 0 Å². The van der Waals surface area contributed by atoms with Crippen molar-refractivity contribution in [2.24, 2.45) is 5.92 Å². The molecule has 0 aliphatic carbocycles. The number of nitrogens with zero attached hydrogens (tertiary/aromatic N) is 1. The summed E-state index contributed by atoms with van der Waals surface area (Å²) < 4.78 is 5.46. The Morgan fingerprint density at radius 2 is 1.64 bits per heavy atom. The molecule has 0 bridgehead atoms. The van der Waals surface area contributed by atoms with E-state index in [2.05, 4.69) is 24.5 Å². The molecule has 7 heteroatoms. The van der Waals surface area contributed by atoms with Gasteiger partial charge in [0, 0.05) is 13.1 Å². The van der Waals surface area contributed by atoms with Crippen molar-refractivity contribution in [1.82, 2.24) is 15.5 Å². The highest BCUT2D eigenvalue weighted by atomic mass is 16.6. The number of rotatable bonds is 13. The van der Waals surface area contributed by atoms with Crippen LogP contribution in [0.4, 0.5) is 4.79 Å². The Kier molecular flexibility index (Phi) is 13.0. The van der Waals surface area contributed by atoms with E-state index in [1.807, 2.05) is 45.9 Å². The number of aryl methyl sites for hydroxylation is 2. The highest BCUT2D eigenvalue weighted by Gasteiger charge is 2.37. The van der Waals surface area contributed by atoms with Gasteiger partial charge in [-0.15, -0.1) is 0 Å². The molecule has 1 aromatic rings. The fraction of sp³-hybridized carbons (Fsp3) is 0.690. The predicted octanol–water partition coefficient (Wildman–Crippen LogP) is 5.83. The second-order valence-corrected chi connectivity index (χ2v) is 10.8. The van der Waals surface area contributed by atoms with Gasteiger partial charge in [-0.2, -0.15) is 0 Å². The molecule has 0 saturated heterocycles. The molecule has 0 saturated carbocycles. The number of nitrogens with one attached hydrogen (secondary N) is 2. The van der Waals surface area contributed by atoms with Gasteiger partial charge < -0.3 is 20.3 Å². The number of carbonyl (C=O) groups is 3. The van der Waals surface area contributed by atoms with E-state index in [1.165, 1.54) is 0 Å². The summed E-state index contributed by atoms with van der Waals surface area (Å²) in [6.07, 6.45) is 3.49. The first-order valence-electron chi connectivity index (χ1n) is 13.5. The maximum Gasteiger partial charge on any atom is 0.408 e. The molecule has 7 nitrogen and oxygen atoms in total. The Hall–Kier alpha value is -2.57. The maximum atomic E-state index is 14.1. The molecule has 1 rings (SSSR count). The van der Waals surface area contributed by atoms with E-state index in [0.29, 0.717) is 19.5 Å². The number of benzene rings is 1. The number of unbranched alkanes of at least 4 members (excludes halogenated alkanes) is 2. The molecule has 0 radical (unpaired) electrons. The van der Waals surface area contributed by atoms with Crippen molar-refractivity contribution in [3.63, 3.8) is 0 Å². The van der Waals surface area contributed by atoms with Gasteiger partial charge in [-0.05, 0) is 70.1 Å². The molecule has 0 heterocycles. The largest absolute Gasteiger partial charge is 0.444 e. The van der Waals surface area contributed by atoms with Crippen LogP contribution >= 0.6 is 0 Å². The van der Waals surface area contributed by atoms with Gasteiger partial charge in [0.05, 0.1) is 0 Å². The molecular weight excluding hydrogens is 454 g/mol. The number of alkyl carbamates (subject to hydrolysis) is 1. The first-order valence-corrected chi connectivity index (χ1v) is 13.5. The lowest BCUT2D eigenvalue weighted by Gasteiger charge is -2.36. The van der Waals surface area contributed by atoms with E-state index in [1.54, 1.807) is 25.7 Å². The molecule has 3 amide bonds. The van der Waals surface area contributed by atoms with Gasteiger partial charge in [0.2, 0.25) is 11.8 Å². The van der Waals surface area contributed by atoms with Gasteiger partial charge in [-0.25, -0.2) is 4.79 Å². The lowest BCUT2D eigenvalue weighted by atomic mass is 9.94. The topological polar surface area (TPSA) is 87.7 Å². The number of hydrogen-bond donors (Lipinski definition) is 2. The molecule has 1 aromatic carbocycles. The number of carbonyl (C=O) groups excluding carboxylic acids is 3. The molecule has 3 atom stereocenters. The van der Waals surface area contributed by atoms with E-state index < -0.39 is 23.8 Å². The van der Waals surface area contributed by atoms with Gasteiger partial charge in [-0.3, -0.25) is 9.59 Å². The fourth-order valence-electron chi connectivity index (χ4n) is 3.88. The third-order valence-corrected chi connectivity index (χ3v) is 6.42. The normalized spacial score (nSPS) is 13.9. The van der Waals surface area contributed by atoms with Crippen molar-refractivity contribution in [3.05, 3.63) is 34.9 Å². The highest BCUT2D eigenvalue weighted by Crippen LogP contribution is 2.27. The molecule has 0 fully saturated rings. The van der Waals surface area contributed by atoms with Gasteiger partial charge in [0.1, 0.15) is 17.7 Å². The molecule has 0 spiro atoms. The Morgan fingerprint density at radius 1 is 1.00 bits per heavy atom. The van der Waals surface area contributed by atoms with Crippen molar-refractivity contribution in [3.8, 4) is 0 Å². The van der Waals surface area contributed by atoms with Crippen LogP contribution in [0.3, 0.4) is 0 Å². The summed E-state index contributed by atoms with van der Waals surface area (Å²) in [4.78, 5) is 42.0. The average Bonchev–Trinajstić information content (AvgIpc) is 2.80. The summed E-state index contributed by atoms with van der Waals surface area (Å²) in [6, 6.07) is 4.32. The molecular formula is C29H49N3O4. The van der Waals surface area contributed by atoms with Crippen LogP contribution in [-0.4, -0.2) is 47.5 Å². The minimum atomic E-state index is -0.806. The summed E-state index contributed by atoms with van der Waals surface area (Å²) in [5.41, 5.74) is 2.28. The van der Waals surface area contributed by atoms with Crippen LogP contribution in [0.2, 0.25) is 0 Å². The third-order valence-electron chi connectivity index (χ3n) is 6.42. The quantitative estimate of drug-likeness (QED) is 0.332. The fourth-order valence-corrected chi connectivity index (χ4v) is 3.88. The average molecular weight is 504 g/mol. The van der Waals surface area contributed by atoms with E-state index in [-0.39, 0.29) is 17.7 Å². The van der Waals surface area contributed by atoms with Crippen molar-refractivity contribution in [2.45, 2.75) is 112 Å². The van der Waals surface area contributed by atoms with E-state index in [0.717, 1.165) is 42.4 Å². The second-order valence-electron chi connectivity index (χ2n) is 10.8. The minimum absolute atomic E-state index is 0.141. The van der Waals surface area contributed by atoms with Crippen molar-refractivity contribution < 1.29 is 19.1 Å². The third kappa shape index (κ3) is 9.82. The van der Waals surface area contributed by atoms with E-state index >= 15 is 0 Å². The molecule has 36 heavy (non-hydrogen) atoms. The number of ether oxygens (including phenoxy) is 1. The SMILES string of the molecule is CCCCNC(=O)C(c1ccc(C)c(C)c1)N(CCCC)C(=O)C(NC(=O)OC(C)(C)C)C(C)CC.